The third kappa shape index (κ3) is 2.61. The second-order valence-corrected chi connectivity index (χ2v) is 4.11. The molecule has 0 aromatic carbocycles. The molecule has 0 fully saturated rings. The summed E-state index contributed by atoms with van der Waals surface area (Å²) in [6.45, 7) is 8.82. The lowest BCUT2D eigenvalue weighted by molar-refractivity contribution is 0.471. The first-order valence-corrected chi connectivity index (χ1v) is 5.21. The fraction of sp³-hybridized carbons (Fsp3) is 0.667. The van der Waals surface area contributed by atoms with E-state index in [0.29, 0.717) is 0 Å². The highest BCUT2D eigenvalue weighted by atomic mass is 16.3. The van der Waals surface area contributed by atoms with E-state index >= 15 is 0 Å². The fourth-order valence-corrected chi connectivity index (χ4v) is 1.63. The summed E-state index contributed by atoms with van der Waals surface area (Å²) in [5, 5.41) is 0. The molecule has 74 valence electrons. The minimum absolute atomic E-state index is 0.759. The summed E-state index contributed by atoms with van der Waals surface area (Å²) < 4.78 is 5.54. The highest BCUT2D eigenvalue weighted by molar-refractivity contribution is 5.26. The predicted octanol–water partition coefficient (Wildman–Crippen LogP) is 3.74. The maximum Gasteiger partial charge on any atom is 0.107 e. The van der Waals surface area contributed by atoms with Gasteiger partial charge < -0.3 is 4.42 Å². The molecule has 0 spiro atoms. The Labute approximate surface area is 81.1 Å². The molecule has 1 rings (SSSR count). The number of hydrogen-bond donors (Lipinski definition) is 0. The highest BCUT2D eigenvalue weighted by Crippen LogP contribution is 2.20. The second kappa shape index (κ2) is 4.50. The zero-order chi connectivity index (χ0) is 9.84. The molecule has 0 aliphatic heterocycles. The molecule has 0 radical (unpaired) electrons. The van der Waals surface area contributed by atoms with E-state index in [9.17, 15) is 0 Å². The van der Waals surface area contributed by atoms with Crippen LogP contribution in [-0.4, -0.2) is 0 Å². The summed E-state index contributed by atoms with van der Waals surface area (Å²) in [4.78, 5) is 0. The molecule has 0 amide bonds. The monoisotopic (exact) mass is 180 g/mol. The van der Waals surface area contributed by atoms with Crippen molar-refractivity contribution in [3.63, 3.8) is 0 Å². The van der Waals surface area contributed by atoms with Gasteiger partial charge in [0.05, 0.1) is 6.26 Å². The van der Waals surface area contributed by atoms with E-state index in [0.717, 1.165) is 18.8 Å². The van der Waals surface area contributed by atoms with Crippen LogP contribution < -0.4 is 0 Å². The molecular formula is C12H20O. The molecule has 0 N–H and O–H groups in total. The van der Waals surface area contributed by atoms with Gasteiger partial charge in [0.15, 0.2) is 0 Å². The maximum absolute atomic E-state index is 5.54. The summed E-state index contributed by atoms with van der Waals surface area (Å²) in [6.07, 6.45) is 5.29. The second-order valence-electron chi connectivity index (χ2n) is 4.11. The standard InChI is InChI=1S/C12H20O/c1-5-11-10(4)8-13-12(11)7-6-9(2)3/h8-9H,5-7H2,1-4H3. The summed E-state index contributed by atoms with van der Waals surface area (Å²) in [5.41, 5.74) is 2.72. The van der Waals surface area contributed by atoms with Crippen LogP contribution in [0.3, 0.4) is 0 Å². The van der Waals surface area contributed by atoms with E-state index < -0.39 is 0 Å². The van der Waals surface area contributed by atoms with Gasteiger partial charge in [-0.3, -0.25) is 0 Å². The molecule has 0 atom stereocenters. The summed E-state index contributed by atoms with van der Waals surface area (Å²) in [5.74, 6) is 1.96. The van der Waals surface area contributed by atoms with E-state index in [-0.39, 0.29) is 0 Å². The van der Waals surface area contributed by atoms with Gasteiger partial charge in [0.25, 0.3) is 0 Å². The summed E-state index contributed by atoms with van der Waals surface area (Å²) in [6, 6.07) is 0. The molecule has 1 heteroatoms. The molecular weight excluding hydrogens is 160 g/mol. The number of furan rings is 1. The van der Waals surface area contributed by atoms with Crippen molar-refractivity contribution in [3.8, 4) is 0 Å². The van der Waals surface area contributed by atoms with Gasteiger partial charge in [-0.05, 0) is 36.8 Å². The van der Waals surface area contributed by atoms with Crippen molar-refractivity contribution < 1.29 is 4.42 Å². The molecule has 1 heterocycles. The van der Waals surface area contributed by atoms with Gasteiger partial charge in [0.2, 0.25) is 0 Å². The smallest absolute Gasteiger partial charge is 0.107 e. The van der Waals surface area contributed by atoms with Gasteiger partial charge in [-0.1, -0.05) is 20.8 Å². The van der Waals surface area contributed by atoms with Crippen LogP contribution in [-0.2, 0) is 12.8 Å². The van der Waals surface area contributed by atoms with Gasteiger partial charge in [0, 0.05) is 6.42 Å². The Kier molecular flexibility index (Phi) is 3.58. The van der Waals surface area contributed by atoms with Crippen LogP contribution in [0.5, 0.6) is 0 Å². The molecule has 0 aliphatic carbocycles. The van der Waals surface area contributed by atoms with Crippen LogP contribution in [0.15, 0.2) is 10.7 Å². The fourth-order valence-electron chi connectivity index (χ4n) is 1.63. The highest BCUT2D eigenvalue weighted by Gasteiger charge is 2.08. The van der Waals surface area contributed by atoms with E-state index in [4.69, 9.17) is 4.42 Å². The summed E-state index contributed by atoms with van der Waals surface area (Å²) in [7, 11) is 0. The van der Waals surface area contributed by atoms with Crippen LogP contribution in [0.25, 0.3) is 0 Å². The first-order valence-electron chi connectivity index (χ1n) is 5.21. The lowest BCUT2D eigenvalue weighted by Gasteiger charge is -2.03. The Morgan fingerprint density at radius 3 is 2.62 bits per heavy atom. The van der Waals surface area contributed by atoms with Crippen LogP contribution in [0, 0.1) is 12.8 Å². The Morgan fingerprint density at radius 1 is 1.38 bits per heavy atom. The van der Waals surface area contributed by atoms with E-state index in [1.165, 1.54) is 23.3 Å². The number of rotatable bonds is 4. The quantitative estimate of drug-likeness (QED) is 0.688. The predicted molar refractivity (Wildman–Crippen MR) is 56.0 cm³/mol. The third-order valence-electron chi connectivity index (χ3n) is 2.49. The number of aryl methyl sites for hydroxylation is 2. The van der Waals surface area contributed by atoms with Crippen LogP contribution in [0.1, 0.15) is 44.1 Å². The molecule has 0 bridgehead atoms. The van der Waals surface area contributed by atoms with Gasteiger partial charge in [0.1, 0.15) is 5.76 Å². The molecule has 0 saturated heterocycles. The number of hydrogen-bond acceptors (Lipinski definition) is 1. The van der Waals surface area contributed by atoms with E-state index in [2.05, 4.69) is 27.7 Å². The first kappa shape index (κ1) is 10.4. The van der Waals surface area contributed by atoms with Gasteiger partial charge in [-0.2, -0.15) is 0 Å². The third-order valence-corrected chi connectivity index (χ3v) is 2.49. The van der Waals surface area contributed by atoms with Crippen molar-refractivity contribution in [1.82, 2.24) is 0 Å². The van der Waals surface area contributed by atoms with Crippen molar-refractivity contribution in [2.24, 2.45) is 5.92 Å². The normalized spacial score (nSPS) is 11.2. The molecule has 0 unspecified atom stereocenters. The van der Waals surface area contributed by atoms with Crippen molar-refractivity contribution in [2.45, 2.75) is 47.0 Å². The van der Waals surface area contributed by atoms with Crippen molar-refractivity contribution in [3.05, 3.63) is 23.2 Å². The van der Waals surface area contributed by atoms with Crippen molar-refractivity contribution in [2.75, 3.05) is 0 Å². The molecule has 0 aliphatic rings. The maximum atomic E-state index is 5.54. The SMILES string of the molecule is CCc1c(C)coc1CCC(C)C. The minimum atomic E-state index is 0.759. The van der Waals surface area contributed by atoms with Crippen molar-refractivity contribution in [1.29, 1.82) is 0 Å². The zero-order valence-electron chi connectivity index (χ0n) is 9.18. The van der Waals surface area contributed by atoms with E-state index in [1.54, 1.807) is 0 Å². The topological polar surface area (TPSA) is 13.1 Å². The van der Waals surface area contributed by atoms with E-state index in [1.807, 2.05) is 6.26 Å². The van der Waals surface area contributed by atoms with Crippen molar-refractivity contribution >= 4 is 0 Å². The Hall–Kier alpha value is -0.720. The Morgan fingerprint density at radius 2 is 2.08 bits per heavy atom. The molecule has 1 aromatic rings. The van der Waals surface area contributed by atoms with Crippen LogP contribution in [0.2, 0.25) is 0 Å². The Bertz CT molecular complexity index is 258. The van der Waals surface area contributed by atoms with Crippen LogP contribution in [0.4, 0.5) is 0 Å². The zero-order valence-corrected chi connectivity index (χ0v) is 9.18. The summed E-state index contributed by atoms with van der Waals surface area (Å²) >= 11 is 0. The van der Waals surface area contributed by atoms with Gasteiger partial charge in [-0.15, -0.1) is 0 Å². The van der Waals surface area contributed by atoms with Crippen LogP contribution >= 0.6 is 0 Å². The molecule has 0 saturated carbocycles. The average molecular weight is 180 g/mol. The lowest BCUT2D eigenvalue weighted by atomic mass is 10.0. The molecule has 13 heavy (non-hydrogen) atoms. The minimum Gasteiger partial charge on any atom is -0.469 e. The first-order chi connectivity index (χ1) is 6.15. The average Bonchev–Trinajstić information content (AvgIpc) is 2.42. The molecule has 1 nitrogen and oxygen atoms in total. The lowest BCUT2D eigenvalue weighted by Crippen LogP contribution is -1.94. The Balaban J connectivity index is 2.65. The van der Waals surface area contributed by atoms with Gasteiger partial charge >= 0.3 is 0 Å². The van der Waals surface area contributed by atoms with Gasteiger partial charge in [-0.25, -0.2) is 0 Å². The largest absolute Gasteiger partial charge is 0.469 e. The molecule has 1 aromatic heterocycles.